The quantitative estimate of drug-likeness (QED) is 0.717. The second-order valence-corrected chi connectivity index (χ2v) is 7.59. The van der Waals surface area contributed by atoms with Crippen LogP contribution in [0.5, 0.6) is 5.75 Å². The van der Waals surface area contributed by atoms with Crippen LogP contribution in [0, 0.1) is 0 Å². The van der Waals surface area contributed by atoms with E-state index in [0.29, 0.717) is 6.54 Å². The van der Waals surface area contributed by atoms with Gasteiger partial charge in [0.15, 0.2) is 0 Å². The van der Waals surface area contributed by atoms with E-state index < -0.39 is 0 Å². The average Bonchev–Trinajstić information content (AvgIpc) is 2.71. The van der Waals surface area contributed by atoms with Crippen LogP contribution < -0.4 is 15.4 Å². The summed E-state index contributed by atoms with van der Waals surface area (Å²) in [5, 5.41) is 6.24. The predicted molar refractivity (Wildman–Crippen MR) is 115 cm³/mol. The van der Waals surface area contributed by atoms with Gasteiger partial charge in [0.1, 0.15) is 5.75 Å². The summed E-state index contributed by atoms with van der Waals surface area (Å²) in [5.74, 6) is 0.742. The van der Waals surface area contributed by atoms with Crippen LogP contribution in [-0.4, -0.2) is 49.8 Å². The van der Waals surface area contributed by atoms with Crippen LogP contribution >= 0.6 is 0 Å². The molecular weight excluding hydrogens is 366 g/mol. The van der Waals surface area contributed by atoms with Gasteiger partial charge >= 0.3 is 0 Å². The van der Waals surface area contributed by atoms with E-state index in [1.165, 1.54) is 5.56 Å². The Balaban J connectivity index is 1.51. The Kier molecular flexibility index (Phi) is 7.49. The van der Waals surface area contributed by atoms with Gasteiger partial charge < -0.3 is 20.1 Å². The number of nitrogens with one attached hydrogen (secondary N) is 2. The van der Waals surface area contributed by atoms with Gasteiger partial charge in [-0.3, -0.25) is 9.69 Å². The van der Waals surface area contributed by atoms with E-state index in [4.69, 9.17) is 9.47 Å². The van der Waals surface area contributed by atoms with Crippen LogP contribution in [0.3, 0.4) is 0 Å². The lowest BCUT2D eigenvalue weighted by atomic mass is 10.1. The number of carbonyl (C=O) groups is 1. The lowest BCUT2D eigenvalue weighted by Crippen LogP contribution is -2.44. The Morgan fingerprint density at radius 1 is 1.14 bits per heavy atom. The number of nitrogens with zero attached hydrogens (tertiary/aromatic N) is 1. The molecule has 0 radical (unpaired) electrons. The Hall–Kier alpha value is -2.57. The molecule has 0 saturated carbocycles. The minimum absolute atomic E-state index is 0.0451. The second-order valence-electron chi connectivity index (χ2n) is 7.59. The van der Waals surface area contributed by atoms with Gasteiger partial charge in [0.05, 0.1) is 25.9 Å². The van der Waals surface area contributed by atoms with Crippen LogP contribution in [-0.2, 0) is 22.6 Å². The molecule has 0 aromatic heterocycles. The molecular formula is C23H31N3O3. The van der Waals surface area contributed by atoms with Crippen LogP contribution in [0.25, 0.3) is 0 Å². The number of rotatable bonds is 8. The highest BCUT2D eigenvalue weighted by Crippen LogP contribution is 2.20. The number of hydrogen-bond donors (Lipinski definition) is 2. The maximum absolute atomic E-state index is 12.3. The monoisotopic (exact) mass is 397 g/mol. The van der Waals surface area contributed by atoms with Crippen LogP contribution in [0.1, 0.15) is 25.0 Å². The van der Waals surface area contributed by atoms with Crippen LogP contribution in [0.2, 0.25) is 0 Å². The van der Waals surface area contributed by atoms with Crippen molar-refractivity contribution < 1.29 is 14.3 Å². The Morgan fingerprint density at radius 3 is 2.66 bits per heavy atom. The van der Waals surface area contributed by atoms with Crippen LogP contribution in [0.4, 0.5) is 5.69 Å². The van der Waals surface area contributed by atoms with Crippen molar-refractivity contribution in [3.05, 3.63) is 59.7 Å². The number of para-hydroxylation sites is 1. The van der Waals surface area contributed by atoms with E-state index in [9.17, 15) is 4.79 Å². The number of amides is 1. The third-order valence-electron chi connectivity index (χ3n) is 4.97. The molecule has 0 aliphatic carbocycles. The first-order valence-electron chi connectivity index (χ1n) is 10.1. The molecule has 6 nitrogen and oxygen atoms in total. The van der Waals surface area contributed by atoms with Crippen molar-refractivity contribution in [1.82, 2.24) is 10.2 Å². The first-order chi connectivity index (χ1) is 14.0. The summed E-state index contributed by atoms with van der Waals surface area (Å²) in [6.07, 6.45) is 0.475. The summed E-state index contributed by atoms with van der Waals surface area (Å²) in [4.78, 5) is 14.7. The summed E-state index contributed by atoms with van der Waals surface area (Å²) in [5.41, 5.74) is 3.19. The number of carbonyl (C=O) groups excluding carboxylic acids is 1. The van der Waals surface area contributed by atoms with E-state index in [1.54, 1.807) is 7.11 Å². The van der Waals surface area contributed by atoms with Crippen molar-refractivity contribution >= 4 is 11.6 Å². The molecule has 1 saturated heterocycles. The third kappa shape index (κ3) is 6.48. The molecule has 0 spiro atoms. The fraction of sp³-hybridized carbons (Fsp3) is 0.435. The Morgan fingerprint density at radius 2 is 1.90 bits per heavy atom. The summed E-state index contributed by atoms with van der Waals surface area (Å²) < 4.78 is 11.0. The lowest BCUT2D eigenvalue weighted by molar-refractivity contribution is -0.119. The molecule has 1 aliphatic rings. The third-order valence-corrected chi connectivity index (χ3v) is 4.97. The smallest absolute Gasteiger partial charge is 0.239 e. The van der Waals surface area contributed by atoms with E-state index in [2.05, 4.69) is 35.4 Å². The molecule has 0 bridgehead atoms. The number of ether oxygens (including phenoxy) is 2. The lowest BCUT2D eigenvalue weighted by Gasteiger charge is -2.35. The van der Waals surface area contributed by atoms with Gasteiger partial charge in [0, 0.05) is 31.9 Å². The van der Waals surface area contributed by atoms with Crippen LogP contribution in [0.15, 0.2) is 48.5 Å². The minimum atomic E-state index is -0.0451. The van der Waals surface area contributed by atoms with Gasteiger partial charge in [-0.25, -0.2) is 0 Å². The first-order valence-corrected chi connectivity index (χ1v) is 10.1. The van der Waals surface area contributed by atoms with Gasteiger partial charge in [0.2, 0.25) is 5.91 Å². The normalized spacial score (nSPS) is 19.6. The largest absolute Gasteiger partial charge is 0.497 e. The molecule has 1 fully saturated rings. The minimum Gasteiger partial charge on any atom is -0.497 e. The highest BCUT2D eigenvalue weighted by Gasteiger charge is 2.22. The van der Waals surface area contributed by atoms with Crippen molar-refractivity contribution in [2.24, 2.45) is 0 Å². The SMILES string of the molecule is COc1cccc(CNC(=O)CNc2ccccc2CN2CC(C)OC(C)C2)c1. The molecule has 2 aromatic rings. The molecule has 1 heterocycles. The number of morpholine rings is 1. The van der Waals surface area contributed by atoms with Crippen molar-refractivity contribution in [3.8, 4) is 5.75 Å². The highest BCUT2D eigenvalue weighted by molar-refractivity contribution is 5.80. The number of anilines is 1. The summed E-state index contributed by atoms with van der Waals surface area (Å²) in [7, 11) is 1.64. The number of methoxy groups -OCH3 is 1. The molecule has 6 heteroatoms. The van der Waals surface area contributed by atoms with Crippen molar-refractivity contribution in [1.29, 1.82) is 0 Å². The molecule has 2 atom stereocenters. The Labute approximate surface area is 173 Å². The molecule has 3 rings (SSSR count). The number of hydrogen-bond acceptors (Lipinski definition) is 5. The molecule has 156 valence electrons. The first kappa shape index (κ1) is 21.1. The fourth-order valence-electron chi connectivity index (χ4n) is 3.71. The zero-order chi connectivity index (χ0) is 20.6. The second kappa shape index (κ2) is 10.3. The zero-order valence-electron chi connectivity index (χ0n) is 17.5. The average molecular weight is 398 g/mol. The number of benzene rings is 2. The van der Waals surface area contributed by atoms with Gasteiger partial charge in [-0.1, -0.05) is 30.3 Å². The van der Waals surface area contributed by atoms with E-state index in [-0.39, 0.29) is 24.7 Å². The Bertz CT molecular complexity index is 801. The standard InChI is InChI=1S/C23H31N3O3/c1-17-14-26(15-18(2)29-17)16-20-8-4-5-10-22(20)24-13-23(27)25-12-19-7-6-9-21(11-19)28-3/h4-11,17-18,24H,12-16H2,1-3H3,(H,25,27). The summed E-state index contributed by atoms with van der Waals surface area (Å²) in [6.45, 7) is 7.60. The maximum Gasteiger partial charge on any atom is 0.239 e. The highest BCUT2D eigenvalue weighted by atomic mass is 16.5. The molecule has 2 aromatic carbocycles. The van der Waals surface area contributed by atoms with E-state index in [1.807, 2.05) is 42.5 Å². The molecule has 2 N–H and O–H groups in total. The zero-order valence-corrected chi connectivity index (χ0v) is 17.5. The van der Waals surface area contributed by atoms with E-state index in [0.717, 1.165) is 36.6 Å². The summed E-state index contributed by atoms with van der Waals surface area (Å²) in [6, 6.07) is 15.9. The molecule has 1 aliphatic heterocycles. The van der Waals surface area contributed by atoms with Crippen molar-refractivity contribution in [2.75, 3.05) is 32.1 Å². The van der Waals surface area contributed by atoms with E-state index >= 15 is 0 Å². The molecule has 2 unspecified atom stereocenters. The van der Waals surface area contributed by atoms with Gasteiger partial charge in [-0.05, 0) is 43.2 Å². The predicted octanol–water partition coefficient (Wildman–Crippen LogP) is 3.03. The van der Waals surface area contributed by atoms with Gasteiger partial charge in [-0.2, -0.15) is 0 Å². The maximum atomic E-state index is 12.3. The molecule has 1 amide bonds. The van der Waals surface area contributed by atoms with Crippen molar-refractivity contribution in [3.63, 3.8) is 0 Å². The van der Waals surface area contributed by atoms with Crippen molar-refractivity contribution in [2.45, 2.75) is 39.1 Å². The topological polar surface area (TPSA) is 62.8 Å². The fourth-order valence-corrected chi connectivity index (χ4v) is 3.71. The van der Waals surface area contributed by atoms with Gasteiger partial charge in [0.25, 0.3) is 0 Å². The van der Waals surface area contributed by atoms with Gasteiger partial charge in [-0.15, -0.1) is 0 Å². The summed E-state index contributed by atoms with van der Waals surface area (Å²) >= 11 is 0. The molecule has 29 heavy (non-hydrogen) atoms.